The highest BCUT2D eigenvalue weighted by Gasteiger charge is 2.16. The fourth-order valence-electron chi connectivity index (χ4n) is 0.433. The Morgan fingerprint density at radius 2 is 2.29 bits per heavy atom. The van der Waals surface area contributed by atoms with Crippen molar-refractivity contribution in [3.8, 4) is 0 Å². The lowest BCUT2D eigenvalue weighted by atomic mass is 10.3. The van der Waals surface area contributed by atoms with E-state index in [9.17, 15) is 5.21 Å². The van der Waals surface area contributed by atoms with Crippen LogP contribution in [0, 0.1) is 5.21 Å². The summed E-state index contributed by atoms with van der Waals surface area (Å²) in [6.07, 6.45) is 0. The van der Waals surface area contributed by atoms with Crippen molar-refractivity contribution in [3.05, 3.63) is 5.21 Å². The molecule has 0 N–H and O–H groups in total. The standard InChI is InChI=1S/C4H8NO2/c1-5(6)4-2-7-3-4/h4H,2-3H2,1H3/q-1. The molecule has 1 aliphatic rings. The molecule has 1 fully saturated rings. The van der Waals surface area contributed by atoms with E-state index in [-0.39, 0.29) is 6.04 Å². The number of ether oxygens (including phenoxy) is 1. The van der Waals surface area contributed by atoms with Crippen molar-refractivity contribution in [1.29, 1.82) is 0 Å². The molecule has 1 rings (SSSR count). The fraction of sp³-hybridized carbons (Fsp3) is 1.00. The van der Waals surface area contributed by atoms with Crippen LogP contribution in [0.3, 0.4) is 0 Å². The van der Waals surface area contributed by atoms with Gasteiger partial charge in [-0.15, -0.1) is 0 Å². The maximum absolute atomic E-state index is 10.3. The molecule has 0 saturated carbocycles. The van der Waals surface area contributed by atoms with Crippen LogP contribution in [-0.2, 0) is 4.74 Å². The Kier molecular flexibility index (Phi) is 1.27. The molecule has 0 aromatic carbocycles. The summed E-state index contributed by atoms with van der Waals surface area (Å²) in [4.78, 5) is 0. The predicted molar refractivity (Wildman–Crippen MR) is 25.7 cm³/mol. The van der Waals surface area contributed by atoms with Gasteiger partial charge in [-0.3, -0.25) is 0 Å². The van der Waals surface area contributed by atoms with Crippen molar-refractivity contribution in [2.45, 2.75) is 6.04 Å². The molecule has 0 spiro atoms. The van der Waals surface area contributed by atoms with Crippen molar-refractivity contribution in [2.75, 3.05) is 20.3 Å². The summed E-state index contributed by atoms with van der Waals surface area (Å²) in [5.41, 5.74) is 0. The molecule has 0 unspecified atom stereocenters. The van der Waals surface area contributed by atoms with Gasteiger partial charge in [-0.25, -0.2) is 0 Å². The molecular formula is C4H8NO2-. The zero-order chi connectivity index (χ0) is 5.28. The van der Waals surface area contributed by atoms with Gasteiger partial charge in [0.1, 0.15) is 0 Å². The van der Waals surface area contributed by atoms with Crippen LogP contribution in [0.1, 0.15) is 0 Å². The summed E-state index contributed by atoms with van der Waals surface area (Å²) in [5.74, 6) is 0. The van der Waals surface area contributed by atoms with E-state index in [1.165, 1.54) is 7.05 Å². The molecule has 0 aromatic heterocycles. The lowest BCUT2D eigenvalue weighted by Crippen LogP contribution is -2.44. The number of hydroxylamine groups is 2. The summed E-state index contributed by atoms with van der Waals surface area (Å²) in [5, 5.41) is 11.2. The molecule has 3 heteroatoms. The largest absolute Gasteiger partial charge is 0.785 e. The minimum Gasteiger partial charge on any atom is -0.785 e. The summed E-state index contributed by atoms with van der Waals surface area (Å²) >= 11 is 0. The maximum atomic E-state index is 10.3. The smallest absolute Gasteiger partial charge is 0.0636 e. The van der Waals surface area contributed by atoms with Gasteiger partial charge in [-0.05, 0) is 7.05 Å². The van der Waals surface area contributed by atoms with E-state index in [1.54, 1.807) is 0 Å². The van der Waals surface area contributed by atoms with Gasteiger partial charge >= 0.3 is 0 Å². The van der Waals surface area contributed by atoms with Crippen molar-refractivity contribution < 1.29 is 4.74 Å². The second-order valence-corrected chi connectivity index (χ2v) is 1.74. The number of rotatable bonds is 1. The van der Waals surface area contributed by atoms with Crippen molar-refractivity contribution >= 4 is 0 Å². The number of hydrogen-bond acceptors (Lipinski definition) is 3. The highest BCUT2D eigenvalue weighted by molar-refractivity contribution is 4.74. The number of nitrogens with zero attached hydrogens (tertiary/aromatic N) is 1. The normalized spacial score (nSPS) is 22.7. The Bertz CT molecular complexity index is 60.7. The van der Waals surface area contributed by atoms with Gasteiger partial charge in [-0.1, -0.05) is 0 Å². The van der Waals surface area contributed by atoms with E-state index in [1.807, 2.05) is 0 Å². The van der Waals surface area contributed by atoms with Crippen LogP contribution in [0.25, 0.3) is 0 Å². The van der Waals surface area contributed by atoms with E-state index in [0.717, 1.165) is 5.06 Å². The zero-order valence-corrected chi connectivity index (χ0v) is 4.26. The monoisotopic (exact) mass is 102 g/mol. The quantitative estimate of drug-likeness (QED) is 0.431. The molecular weight excluding hydrogens is 94.0 g/mol. The topological polar surface area (TPSA) is 35.5 Å². The molecule has 0 amide bonds. The number of likely N-dealkylation sites (N-methyl/N-ethyl adjacent to an activating group) is 1. The van der Waals surface area contributed by atoms with Gasteiger partial charge < -0.3 is 15.0 Å². The molecule has 0 atom stereocenters. The SMILES string of the molecule is CN([O-])C1COC1. The van der Waals surface area contributed by atoms with E-state index in [4.69, 9.17) is 4.74 Å². The van der Waals surface area contributed by atoms with Crippen molar-refractivity contribution in [2.24, 2.45) is 0 Å². The van der Waals surface area contributed by atoms with Gasteiger partial charge in [0, 0.05) is 6.04 Å². The third-order valence-corrected chi connectivity index (χ3v) is 1.13. The molecule has 0 aromatic rings. The minimum absolute atomic E-state index is 0.139. The minimum atomic E-state index is 0.139. The van der Waals surface area contributed by atoms with Crippen LogP contribution >= 0.6 is 0 Å². The van der Waals surface area contributed by atoms with E-state index in [2.05, 4.69) is 0 Å². The van der Waals surface area contributed by atoms with Crippen LogP contribution in [0.4, 0.5) is 0 Å². The van der Waals surface area contributed by atoms with Crippen LogP contribution in [0.15, 0.2) is 0 Å². The second-order valence-electron chi connectivity index (χ2n) is 1.74. The molecule has 42 valence electrons. The van der Waals surface area contributed by atoms with Gasteiger partial charge in [0.25, 0.3) is 0 Å². The first-order valence-electron chi connectivity index (χ1n) is 2.28. The second kappa shape index (κ2) is 1.78. The van der Waals surface area contributed by atoms with Crippen LogP contribution in [-0.4, -0.2) is 31.4 Å². The van der Waals surface area contributed by atoms with Crippen LogP contribution in [0.5, 0.6) is 0 Å². The summed E-state index contributed by atoms with van der Waals surface area (Å²) < 4.78 is 4.75. The third kappa shape index (κ3) is 0.907. The first kappa shape index (κ1) is 5.03. The lowest BCUT2D eigenvalue weighted by molar-refractivity contribution is -0.0410. The number of hydrogen-bond donors (Lipinski definition) is 0. The first-order chi connectivity index (χ1) is 3.30. The Labute approximate surface area is 42.4 Å². The highest BCUT2D eigenvalue weighted by atomic mass is 16.5. The Hall–Kier alpha value is -0.120. The third-order valence-electron chi connectivity index (χ3n) is 1.13. The molecule has 7 heavy (non-hydrogen) atoms. The maximum Gasteiger partial charge on any atom is 0.0636 e. The van der Waals surface area contributed by atoms with E-state index < -0.39 is 0 Å². The molecule has 1 saturated heterocycles. The summed E-state index contributed by atoms with van der Waals surface area (Å²) in [6.45, 7) is 1.22. The molecule has 1 heterocycles. The van der Waals surface area contributed by atoms with Gasteiger partial charge in [0.05, 0.1) is 13.2 Å². The Morgan fingerprint density at radius 3 is 2.29 bits per heavy atom. The van der Waals surface area contributed by atoms with Crippen LogP contribution in [0.2, 0.25) is 0 Å². The van der Waals surface area contributed by atoms with Gasteiger partial charge in [0.2, 0.25) is 0 Å². The van der Waals surface area contributed by atoms with Gasteiger partial charge in [-0.2, -0.15) is 0 Å². The van der Waals surface area contributed by atoms with E-state index in [0.29, 0.717) is 13.2 Å². The average Bonchev–Trinajstić information content (AvgIpc) is 1.23. The van der Waals surface area contributed by atoms with E-state index >= 15 is 0 Å². The lowest BCUT2D eigenvalue weighted by Gasteiger charge is -2.38. The average molecular weight is 102 g/mol. The summed E-state index contributed by atoms with van der Waals surface area (Å²) in [7, 11) is 1.52. The molecule has 1 aliphatic heterocycles. The molecule has 3 nitrogen and oxygen atoms in total. The van der Waals surface area contributed by atoms with Gasteiger partial charge in [0.15, 0.2) is 0 Å². The van der Waals surface area contributed by atoms with Crippen molar-refractivity contribution in [1.82, 2.24) is 5.06 Å². The zero-order valence-electron chi connectivity index (χ0n) is 4.26. The molecule has 0 bridgehead atoms. The Morgan fingerprint density at radius 1 is 1.71 bits per heavy atom. The summed E-state index contributed by atoms with van der Waals surface area (Å²) in [6, 6.07) is 0.139. The molecule has 0 radical (unpaired) electrons. The van der Waals surface area contributed by atoms with Crippen LogP contribution < -0.4 is 0 Å². The van der Waals surface area contributed by atoms with Crippen molar-refractivity contribution in [3.63, 3.8) is 0 Å². The highest BCUT2D eigenvalue weighted by Crippen LogP contribution is 2.04. The first-order valence-corrected chi connectivity index (χ1v) is 2.28. The Balaban J connectivity index is 2.14. The molecule has 0 aliphatic carbocycles. The predicted octanol–water partition coefficient (Wildman–Crippen LogP) is -0.185. The fourth-order valence-corrected chi connectivity index (χ4v) is 0.433.